The van der Waals surface area contributed by atoms with E-state index in [9.17, 15) is 4.39 Å². The quantitative estimate of drug-likeness (QED) is 0.770. The number of halogens is 1. The molecule has 0 spiro atoms. The van der Waals surface area contributed by atoms with Crippen molar-refractivity contribution in [3.05, 3.63) is 76.8 Å². The van der Waals surface area contributed by atoms with E-state index in [1.807, 2.05) is 49.5 Å². The lowest BCUT2D eigenvalue weighted by molar-refractivity contribution is -0.837. The molecule has 27 heavy (non-hydrogen) atoms. The predicted molar refractivity (Wildman–Crippen MR) is 101 cm³/mol. The average Bonchev–Trinajstić information content (AvgIpc) is 3.26. The summed E-state index contributed by atoms with van der Waals surface area (Å²) in [5, 5.41) is 6.68. The van der Waals surface area contributed by atoms with E-state index < -0.39 is 0 Å². The number of aryl methyl sites for hydroxylation is 1. The maximum Gasteiger partial charge on any atom is 0.269 e. The van der Waals surface area contributed by atoms with Crippen molar-refractivity contribution in [1.82, 2.24) is 14.8 Å². The zero-order valence-electron chi connectivity index (χ0n) is 15.3. The van der Waals surface area contributed by atoms with Crippen molar-refractivity contribution in [3.63, 3.8) is 0 Å². The third kappa shape index (κ3) is 2.28. The van der Waals surface area contributed by atoms with Gasteiger partial charge in [0.15, 0.2) is 5.70 Å². The first-order valence-electron chi connectivity index (χ1n) is 9.01. The molecule has 3 aliphatic rings. The van der Waals surface area contributed by atoms with Crippen LogP contribution in [0.2, 0.25) is 0 Å². The van der Waals surface area contributed by atoms with Crippen LogP contribution in [-0.4, -0.2) is 38.1 Å². The van der Waals surface area contributed by atoms with Gasteiger partial charge in [0.25, 0.3) is 5.84 Å². The zero-order valence-corrected chi connectivity index (χ0v) is 15.3. The number of hydrogen-bond acceptors (Lipinski definition) is 4. The molecule has 1 unspecified atom stereocenters. The number of benzene rings is 1. The Morgan fingerprint density at radius 1 is 1.22 bits per heavy atom. The molecule has 0 radical (unpaired) electrons. The largest absolute Gasteiger partial charge is 0.271 e. The monoisotopic (exact) mass is 363 g/mol. The number of aliphatic imine (C=N–C) groups is 2. The fourth-order valence-electron chi connectivity index (χ4n) is 4.11. The summed E-state index contributed by atoms with van der Waals surface area (Å²) in [5.74, 6) is 0.368. The van der Waals surface area contributed by atoms with Gasteiger partial charge in [-0.3, -0.25) is 4.68 Å². The van der Waals surface area contributed by atoms with Gasteiger partial charge in [-0.1, -0.05) is 12.1 Å². The number of rotatable bonds is 2. The van der Waals surface area contributed by atoms with Gasteiger partial charge in [0.1, 0.15) is 5.82 Å². The highest BCUT2D eigenvalue weighted by Crippen LogP contribution is 2.37. The summed E-state index contributed by atoms with van der Waals surface area (Å²) < 4.78 is 16.9. The summed E-state index contributed by atoms with van der Waals surface area (Å²) >= 11 is 0. The molecule has 1 aromatic carbocycles. The van der Waals surface area contributed by atoms with Crippen LogP contribution in [0.3, 0.4) is 0 Å². The molecule has 0 bridgehead atoms. The summed E-state index contributed by atoms with van der Waals surface area (Å²) in [4.78, 5) is 9.24. The van der Waals surface area contributed by atoms with E-state index >= 15 is 0 Å². The van der Waals surface area contributed by atoms with E-state index in [0.717, 1.165) is 24.4 Å². The van der Waals surface area contributed by atoms with Gasteiger partial charge in [-0.2, -0.15) is 10.1 Å². The standard InChI is InChI=1S/C20H20FN6/c1-14-9-16-11-22-13-27(16,20(24-14)17-5-3-4-6-18(17)21)26-8-7-15-10-23-25(2)19(15)12-26/h3-6,9-11,13H,7-8,12H2,1-2H3/q+1. The Morgan fingerprint density at radius 2 is 2.07 bits per heavy atom. The van der Waals surface area contributed by atoms with Crippen LogP contribution in [0.4, 0.5) is 4.39 Å². The number of hydrogen-bond donors (Lipinski definition) is 0. The van der Waals surface area contributed by atoms with Crippen LogP contribution in [0.5, 0.6) is 0 Å². The van der Waals surface area contributed by atoms with Crippen molar-refractivity contribution in [2.45, 2.75) is 19.9 Å². The molecule has 0 saturated heterocycles. The number of fused-ring (bicyclic) bond motifs is 2. The van der Waals surface area contributed by atoms with Crippen molar-refractivity contribution < 1.29 is 8.98 Å². The van der Waals surface area contributed by atoms with Crippen LogP contribution in [0.1, 0.15) is 23.7 Å². The molecule has 3 aliphatic heterocycles. The Bertz CT molecular complexity index is 1060. The molecule has 0 aliphatic carbocycles. The fraction of sp³-hybridized carbons (Fsp3) is 0.250. The van der Waals surface area contributed by atoms with Crippen LogP contribution in [0, 0.1) is 5.82 Å². The fourth-order valence-corrected chi connectivity index (χ4v) is 4.11. The van der Waals surface area contributed by atoms with Crippen LogP contribution in [0.15, 0.2) is 64.1 Å². The normalized spacial score (nSPS) is 24.2. The summed E-state index contributed by atoms with van der Waals surface area (Å²) in [7, 11) is 1.96. The molecule has 2 aromatic rings. The zero-order chi connectivity index (χ0) is 18.6. The molecule has 7 heteroatoms. The van der Waals surface area contributed by atoms with Gasteiger partial charge < -0.3 is 0 Å². The first-order valence-corrected chi connectivity index (χ1v) is 9.01. The molecule has 6 nitrogen and oxygen atoms in total. The number of amidine groups is 1. The maximum absolute atomic E-state index is 14.7. The number of quaternary nitrogens is 1. The second-order valence-corrected chi connectivity index (χ2v) is 7.08. The summed E-state index contributed by atoms with van der Waals surface area (Å²) in [6, 6.07) is 6.81. The third-order valence-corrected chi connectivity index (χ3v) is 5.48. The number of allylic oxidation sites excluding steroid dienone is 2. The van der Waals surface area contributed by atoms with Crippen molar-refractivity contribution in [2.24, 2.45) is 17.0 Å². The Kier molecular flexibility index (Phi) is 3.50. The number of aromatic nitrogens is 2. The average molecular weight is 363 g/mol. The van der Waals surface area contributed by atoms with Gasteiger partial charge in [-0.25, -0.2) is 9.38 Å². The maximum atomic E-state index is 14.7. The topological polar surface area (TPSA) is 45.8 Å². The van der Waals surface area contributed by atoms with Crippen molar-refractivity contribution in [1.29, 1.82) is 0 Å². The van der Waals surface area contributed by atoms with E-state index in [4.69, 9.17) is 4.99 Å². The van der Waals surface area contributed by atoms with E-state index in [2.05, 4.69) is 15.1 Å². The summed E-state index contributed by atoms with van der Waals surface area (Å²) in [6.07, 6.45) is 8.55. The minimum Gasteiger partial charge on any atom is -0.271 e. The van der Waals surface area contributed by atoms with Crippen LogP contribution in [0.25, 0.3) is 0 Å². The lowest BCUT2D eigenvalue weighted by atomic mass is 10.1. The molecule has 5 rings (SSSR count). The van der Waals surface area contributed by atoms with E-state index in [-0.39, 0.29) is 10.4 Å². The van der Waals surface area contributed by atoms with E-state index in [1.165, 1.54) is 17.3 Å². The Labute approximate surface area is 156 Å². The lowest BCUT2D eigenvalue weighted by Gasteiger charge is -2.43. The van der Waals surface area contributed by atoms with Crippen LogP contribution >= 0.6 is 0 Å². The molecule has 0 N–H and O–H groups in total. The highest BCUT2D eigenvalue weighted by Gasteiger charge is 2.50. The first-order chi connectivity index (χ1) is 13.1. The Morgan fingerprint density at radius 3 is 2.93 bits per heavy atom. The summed E-state index contributed by atoms with van der Waals surface area (Å²) in [5.41, 5.74) is 4.76. The highest BCUT2D eigenvalue weighted by atomic mass is 19.1. The van der Waals surface area contributed by atoms with Gasteiger partial charge in [-0.05, 0) is 31.0 Å². The Hall–Kier alpha value is -2.90. The minimum absolute atomic E-state index is 0.211. The lowest BCUT2D eigenvalue weighted by Crippen LogP contribution is -2.63. The molecule has 0 amide bonds. The SMILES string of the molecule is CC1=CC2=CN=C[N+]2(N2CCc3cnn(C)c3C2)C(c2ccccc2F)=N1. The van der Waals surface area contributed by atoms with Gasteiger partial charge >= 0.3 is 0 Å². The van der Waals surface area contributed by atoms with E-state index in [0.29, 0.717) is 17.9 Å². The predicted octanol–water partition coefficient (Wildman–Crippen LogP) is 2.90. The molecular weight excluding hydrogens is 343 g/mol. The van der Waals surface area contributed by atoms with Crippen molar-refractivity contribution >= 4 is 12.2 Å². The molecule has 0 fully saturated rings. The van der Waals surface area contributed by atoms with Crippen molar-refractivity contribution in [3.8, 4) is 0 Å². The van der Waals surface area contributed by atoms with Gasteiger partial charge in [0, 0.05) is 18.8 Å². The molecule has 4 heterocycles. The minimum atomic E-state index is -0.277. The van der Waals surface area contributed by atoms with Crippen LogP contribution in [-0.2, 0) is 20.0 Å². The van der Waals surface area contributed by atoms with E-state index in [1.54, 1.807) is 12.1 Å². The second kappa shape index (κ2) is 5.80. The first kappa shape index (κ1) is 16.3. The molecule has 1 aromatic heterocycles. The highest BCUT2D eigenvalue weighted by molar-refractivity contribution is 6.00. The number of nitrogens with zero attached hydrogens (tertiary/aromatic N) is 6. The van der Waals surface area contributed by atoms with Crippen LogP contribution < -0.4 is 0 Å². The second-order valence-electron chi connectivity index (χ2n) is 7.08. The Balaban J connectivity index is 1.67. The molecule has 0 saturated carbocycles. The van der Waals surface area contributed by atoms with Gasteiger partial charge in [0.2, 0.25) is 6.34 Å². The molecule has 1 atom stereocenters. The summed E-state index contributed by atoms with van der Waals surface area (Å²) in [6.45, 7) is 3.43. The molecular formula is C20H20FN6+. The van der Waals surface area contributed by atoms with Crippen molar-refractivity contribution in [2.75, 3.05) is 6.54 Å². The van der Waals surface area contributed by atoms with Gasteiger partial charge in [-0.15, -0.1) is 9.60 Å². The van der Waals surface area contributed by atoms with Gasteiger partial charge in [0.05, 0.1) is 36.7 Å². The smallest absolute Gasteiger partial charge is 0.269 e. The molecule has 136 valence electrons. The third-order valence-electron chi connectivity index (χ3n) is 5.48.